The Morgan fingerprint density at radius 1 is 1.35 bits per heavy atom. The SMILES string of the molecule is COc1nc(-c2ccc3c(c2)ncn3C)cs1. The molecule has 0 saturated heterocycles. The molecule has 2 aromatic heterocycles. The standard InChI is InChI=1S/C12H11N3OS/c1-15-7-13-9-5-8(3-4-11(9)15)10-6-17-12(14-10)16-2/h3-7H,1-2H3. The molecule has 5 heteroatoms. The van der Waals surface area contributed by atoms with Gasteiger partial charge in [0.2, 0.25) is 0 Å². The van der Waals surface area contributed by atoms with Crippen molar-refractivity contribution < 1.29 is 4.74 Å². The molecule has 0 atom stereocenters. The summed E-state index contributed by atoms with van der Waals surface area (Å²) in [7, 11) is 3.62. The number of methoxy groups -OCH3 is 1. The van der Waals surface area contributed by atoms with Gasteiger partial charge in [0.1, 0.15) is 0 Å². The van der Waals surface area contributed by atoms with E-state index < -0.39 is 0 Å². The molecule has 2 heterocycles. The van der Waals surface area contributed by atoms with E-state index in [0.29, 0.717) is 5.19 Å². The number of thiazole rings is 1. The summed E-state index contributed by atoms with van der Waals surface area (Å²) in [6, 6.07) is 6.16. The number of hydrogen-bond acceptors (Lipinski definition) is 4. The van der Waals surface area contributed by atoms with Gasteiger partial charge in [-0.15, -0.1) is 0 Å². The molecular weight excluding hydrogens is 234 g/mol. The van der Waals surface area contributed by atoms with Gasteiger partial charge < -0.3 is 9.30 Å². The van der Waals surface area contributed by atoms with Crippen molar-refractivity contribution in [1.82, 2.24) is 14.5 Å². The van der Waals surface area contributed by atoms with Crippen LogP contribution in [0.5, 0.6) is 5.19 Å². The number of fused-ring (bicyclic) bond motifs is 1. The zero-order valence-electron chi connectivity index (χ0n) is 9.54. The molecule has 0 aliphatic heterocycles. The first kappa shape index (κ1) is 10.3. The van der Waals surface area contributed by atoms with E-state index in [4.69, 9.17) is 4.74 Å². The van der Waals surface area contributed by atoms with Crippen molar-refractivity contribution in [3.05, 3.63) is 29.9 Å². The summed E-state index contributed by atoms with van der Waals surface area (Å²) in [5.41, 5.74) is 4.10. The fourth-order valence-electron chi connectivity index (χ4n) is 1.78. The molecule has 0 aliphatic rings. The first-order valence-electron chi connectivity index (χ1n) is 5.19. The van der Waals surface area contributed by atoms with Crippen LogP contribution in [0.15, 0.2) is 29.9 Å². The van der Waals surface area contributed by atoms with Gasteiger partial charge in [-0.25, -0.2) is 9.97 Å². The highest BCUT2D eigenvalue weighted by Crippen LogP contribution is 2.27. The zero-order valence-corrected chi connectivity index (χ0v) is 10.4. The average Bonchev–Trinajstić information content (AvgIpc) is 2.96. The lowest BCUT2D eigenvalue weighted by molar-refractivity contribution is 0.412. The molecule has 0 N–H and O–H groups in total. The minimum absolute atomic E-state index is 0.682. The highest BCUT2D eigenvalue weighted by molar-refractivity contribution is 7.11. The molecule has 0 spiro atoms. The van der Waals surface area contributed by atoms with Gasteiger partial charge in [-0.3, -0.25) is 0 Å². The highest BCUT2D eigenvalue weighted by atomic mass is 32.1. The molecule has 0 aliphatic carbocycles. The molecule has 3 aromatic rings. The van der Waals surface area contributed by atoms with Crippen LogP contribution in [0.25, 0.3) is 22.3 Å². The molecular formula is C12H11N3OS. The molecule has 4 nitrogen and oxygen atoms in total. The Balaban J connectivity index is 2.11. The summed E-state index contributed by atoms with van der Waals surface area (Å²) in [6.45, 7) is 0. The quantitative estimate of drug-likeness (QED) is 0.697. The topological polar surface area (TPSA) is 39.9 Å². The second-order valence-corrected chi connectivity index (χ2v) is 4.58. The molecule has 0 unspecified atom stereocenters. The Kier molecular flexibility index (Phi) is 2.33. The van der Waals surface area contributed by atoms with Gasteiger partial charge in [0, 0.05) is 18.0 Å². The minimum Gasteiger partial charge on any atom is -0.473 e. The molecule has 3 rings (SSSR count). The maximum atomic E-state index is 5.10. The Hall–Kier alpha value is -1.88. The molecule has 0 bridgehead atoms. The van der Waals surface area contributed by atoms with Crippen LogP contribution in [0.4, 0.5) is 0 Å². The number of nitrogens with zero attached hydrogens (tertiary/aromatic N) is 3. The third kappa shape index (κ3) is 1.68. The third-order valence-corrected chi connectivity index (χ3v) is 3.48. The van der Waals surface area contributed by atoms with Crippen LogP contribution in [-0.2, 0) is 7.05 Å². The Bertz CT molecular complexity index is 671. The summed E-state index contributed by atoms with van der Waals surface area (Å²) >= 11 is 1.50. The molecule has 86 valence electrons. The number of hydrogen-bond donors (Lipinski definition) is 0. The van der Waals surface area contributed by atoms with Crippen LogP contribution in [-0.4, -0.2) is 21.6 Å². The lowest BCUT2D eigenvalue weighted by Crippen LogP contribution is -1.84. The van der Waals surface area contributed by atoms with E-state index in [9.17, 15) is 0 Å². The van der Waals surface area contributed by atoms with Crippen molar-refractivity contribution in [2.45, 2.75) is 0 Å². The Morgan fingerprint density at radius 3 is 3.00 bits per heavy atom. The average molecular weight is 245 g/mol. The van der Waals surface area contributed by atoms with E-state index >= 15 is 0 Å². The largest absolute Gasteiger partial charge is 0.473 e. The fourth-order valence-corrected chi connectivity index (χ4v) is 2.43. The molecule has 17 heavy (non-hydrogen) atoms. The van der Waals surface area contributed by atoms with Crippen molar-refractivity contribution in [1.29, 1.82) is 0 Å². The second kappa shape index (κ2) is 3.85. The van der Waals surface area contributed by atoms with Crippen molar-refractivity contribution in [2.24, 2.45) is 7.05 Å². The van der Waals surface area contributed by atoms with Crippen LogP contribution < -0.4 is 4.74 Å². The van der Waals surface area contributed by atoms with Crippen LogP contribution >= 0.6 is 11.3 Å². The first-order chi connectivity index (χ1) is 8.28. The van der Waals surface area contributed by atoms with Crippen LogP contribution in [0, 0.1) is 0 Å². The lowest BCUT2D eigenvalue weighted by atomic mass is 10.1. The molecule has 0 amide bonds. The molecule has 1 aromatic carbocycles. The normalized spacial score (nSPS) is 10.9. The maximum absolute atomic E-state index is 5.10. The number of aromatic nitrogens is 3. The molecule has 0 saturated carbocycles. The van der Waals surface area contributed by atoms with Crippen LogP contribution in [0.2, 0.25) is 0 Å². The summed E-state index contributed by atoms with van der Waals surface area (Å²) in [6.07, 6.45) is 1.82. The van der Waals surface area contributed by atoms with Gasteiger partial charge in [0.15, 0.2) is 0 Å². The number of rotatable bonds is 2. The smallest absolute Gasteiger partial charge is 0.273 e. The van der Waals surface area contributed by atoms with E-state index in [2.05, 4.69) is 22.1 Å². The van der Waals surface area contributed by atoms with E-state index in [0.717, 1.165) is 22.3 Å². The van der Waals surface area contributed by atoms with E-state index in [1.54, 1.807) is 7.11 Å². The second-order valence-electron chi connectivity index (χ2n) is 3.76. The maximum Gasteiger partial charge on any atom is 0.273 e. The summed E-state index contributed by atoms with van der Waals surface area (Å²) < 4.78 is 7.10. The number of imidazole rings is 1. The number of benzene rings is 1. The van der Waals surface area contributed by atoms with Crippen molar-refractivity contribution in [3.63, 3.8) is 0 Å². The van der Waals surface area contributed by atoms with Crippen molar-refractivity contribution in [3.8, 4) is 16.5 Å². The van der Waals surface area contributed by atoms with Gasteiger partial charge in [-0.05, 0) is 12.1 Å². The summed E-state index contributed by atoms with van der Waals surface area (Å²) in [5, 5.41) is 2.67. The summed E-state index contributed by atoms with van der Waals surface area (Å²) in [4.78, 5) is 8.71. The van der Waals surface area contributed by atoms with Gasteiger partial charge in [-0.2, -0.15) is 0 Å². The van der Waals surface area contributed by atoms with Crippen LogP contribution in [0.3, 0.4) is 0 Å². The van der Waals surface area contributed by atoms with Gasteiger partial charge >= 0.3 is 0 Å². The third-order valence-electron chi connectivity index (χ3n) is 2.68. The predicted octanol–water partition coefficient (Wildman–Crippen LogP) is 2.71. The van der Waals surface area contributed by atoms with Gasteiger partial charge in [-0.1, -0.05) is 17.4 Å². The minimum atomic E-state index is 0.682. The fraction of sp³-hybridized carbons (Fsp3) is 0.167. The highest BCUT2D eigenvalue weighted by Gasteiger charge is 2.07. The summed E-state index contributed by atoms with van der Waals surface area (Å²) in [5.74, 6) is 0. The first-order valence-corrected chi connectivity index (χ1v) is 6.07. The van der Waals surface area contributed by atoms with Gasteiger partial charge in [0.05, 0.1) is 30.2 Å². The molecule has 0 fully saturated rings. The van der Waals surface area contributed by atoms with Crippen molar-refractivity contribution in [2.75, 3.05) is 7.11 Å². The predicted molar refractivity (Wildman–Crippen MR) is 68.4 cm³/mol. The Morgan fingerprint density at radius 2 is 2.24 bits per heavy atom. The molecule has 0 radical (unpaired) electrons. The van der Waals surface area contributed by atoms with E-state index in [-0.39, 0.29) is 0 Å². The van der Waals surface area contributed by atoms with Crippen LogP contribution in [0.1, 0.15) is 0 Å². The van der Waals surface area contributed by atoms with Gasteiger partial charge in [0.25, 0.3) is 5.19 Å². The monoisotopic (exact) mass is 245 g/mol. The van der Waals surface area contributed by atoms with E-state index in [1.165, 1.54) is 11.3 Å². The lowest BCUT2D eigenvalue weighted by Gasteiger charge is -1.98. The van der Waals surface area contributed by atoms with Crippen molar-refractivity contribution >= 4 is 22.4 Å². The van der Waals surface area contributed by atoms with E-state index in [1.807, 2.05) is 29.4 Å². The number of aryl methyl sites for hydroxylation is 1. The number of ether oxygens (including phenoxy) is 1. The Labute approximate surface area is 103 Å². The zero-order chi connectivity index (χ0) is 11.8.